The molecule has 1 aromatic carbocycles. The highest BCUT2D eigenvalue weighted by Gasteiger charge is 2.19. The van der Waals surface area contributed by atoms with Gasteiger partial charge in [0.1, 0.15) is 0 Å². The van der Waals surface area contributed by atoms with E-state index in [1.54, 1.807) is 17.0 Å². The Balaban J connectivity index is 1.84. The van der Waals surface area contributed by atoms with Crippen LogP contribution in [0.5, 0.6) is 0 Å². The van der Waals surface area contributed by atoms with Gasteiger partial charge in [-0.1, -0.05) is 25.0 Å². The standard InChI is InChI=1S/C16H25N3O3S/c1-17-23(21,22)15-9-7-13(8-10-15)11-18-16(20)19(2)12-14-5-3-4-6-14/h7-10,14,17H,3-6,11-12H2,1-2H3,(H,18,20). The van der Waals surface area contributed by atoms with E-state index >= 15 is 0 Å². The lowest BCUT2D eigenvalue weighted by Gasteiger charge is -2.21. The number of benzene rings is 1. The molecule has 2 N–H and O–H groups in total. The number of amides is 2. The molecule has 1 aliphatic rings. The largest absolute Gasteiger partial charge is 0.334 e. The van der Waals surface area contributed by atoms with Crippen LogP contribution < -0.4 is 10.0 Å². The van der Waals surface area contributed by atoms with Crippen molar-refractivity contribution in [3.8, 4) is 0 Å². The second kappa shape index (κ2) is 7.79. The first-order valence-electron chi connectivity index (χ1n) is 7.94. The minimum atomic E-state index is -3.42. The van der Waals surface area contributed by atoms with Crippen molar-refractivity contribution in [1.29, 1.82) is 0 Å². The van der Waals surface area contributed by atoms with Gasteiger partial charge in [-0.05, 0) is 43.5 Å². The van der Waals surface area contributed by atoms with Crippen molar-refractivity contribution in [2.75, 3.05) is 20.6 Å². The molecule has 2 amide bonds. The SMILES string of the molecule is CNS(=O)(=O)c1ccc(CNC(=O)N(C)CC2CCCC2)cc1. The van der Waals surface area contributed by atoms with E-state index in [4.69, 9.17) is 0 Å². The number of nitrogens with one attached hydrogen (secondary N) is 2. The molecular formula is C16H25N3O3S. The van der Waals surface area contributed by atoms with E-state index in [9.17, 15) is 13.2 Å². The fourth-order valence-electron chi connectivity index (χ4n) is 2.88. The molecule has 0 bridgehead atoms. The van der Waals surface area contributed by atoms with Gasteiger partial charge in [0.15, 0.2) is 0 Å². The quantitative estimate of drug-likeness (QED) is 0.831. The van der Waals surface area contributed by atoms with E-state index in [-0.39, 0.29) is 10.9 Å². The number of urea groups is 1. The molecule has 23 heavy (non-hydrogen) atoms. The van der Waals surface area contributed by atoms with Gasteiger partial charge in [0.05, 0.1) is 4.90 Å². The number of rotatable bonds is 6. The molecule has 128 valence electrons. The summed E-state index contributed by atoms with van der Waals surface area (Å²) < 4.78 is 25.6. The third kappa shape index (κ3) is 4.94. The van der Waals surface area contributed by atoms with Crippen molar-refractivity contribution in [2.24, 2.45) is 5.92 Å². The maximum absolute atomic E-state index is 12.1. The molecule has 0 radical (unpaired) electrons. The van der Waals surface area contributed by atoms with Crippen LogP contribution in [0, 0.1) is 5.92 Å². The molecule has 1 aromatic rings. The van der Waals surface area contributed by atoms with Gasteiger partial charge in [0, 0.05) is 20.1 Å². The average Bonchev–Trinajstić information content (AvgIpc) is 3.05. The summed E-state index contributed by atoms with van der Waals surface area (Å²) in [6.07, 6.45) is 4.95. The Morgan fingerprint density at radius 2 is 1.83 bits per heavy atom. The minimum Gasteiger partial charge on any atom is -0.334 e. The van der Waals surface area contributed by atoms with Crippen LogP contribution in [0.15, 0.2) is 29.2 Å². The van der Waals surface area contributed by atoms with Crippen LogP contribution in [-0.4, -0.2) is 40.0 Å². The van der Waals surface area contributed by atoms with Crippen molar-refractivity contribution in [3.63, 3.8) is 0 Å². The lowest BCUT2D eigenvalue weighted by molar-refractivity contribution is 0.200. The highest BCUT2D eigenvalue weighted by Crippen LogP contribution is 2.25. The Morgan fingerprint density at radius 3 is 2.39 bits per heavy atom. The minimum absolute atomic E-state index is 0.0937. The lowest BCUT2D eigenvalue weighted by atomic mass is 10.1. The normalized spacial score (nSPS) is 15.6. The fourth-order valence-corrected chi connectivity index (χ4v) is 3.61. The van der Waals surface area contributed by atoms with E-state index in [1.807, 2.05) is 7.05 Å². The number of carbonyl (C=O) groups is 1. The highest BCUT2D eigenvalue weighted by atomic mass is 32.2. The molecule has 6 nitrogen and oxygen atoms in total. The first-order chi connectivity index (χ1) is 10.9. The van der Waals surface area contributed by atoms with Gasteiger partial charge in [-0.25, -0.2) is 17.9 Å². The predicted molar refractivity (Wildman–Crippen MR) is 89.5 cm³/mol. The summed E-state index contributed by atoms with van der Waals surface area (Å²) in [5.74, 6) is 0.622. The van der Waals surface area contributed by atoms with E-state index in [0.717, 1.165) is 12.1 Å². The number of hydrogen-bond acceptors (Lipinski definition) is 3. The smallest absolute Gasteiger partial charge is 0.317 e. The molecule has 0 saturated heterocycles. The highest BCUT2D eigenvalue weighted by molar-refractivity contribution is 7.89. The Hall–Kier alpha value is -1.60. The number of hydrogen-bond donors (Lipinski definition) is 2. The number of nitrogens with zero attached hydrogens (tertiary/aromatic N) is 1. The van der Waals surface area contributed by atoms with Crippen LogP contribution in [0.1, 0.15) is 31.2 Å². The van der Waals surface area contributed by atoms with E-state index < -0.39 is 10.0 Å². The van der Waals surface area contributed by atoms with E-state index in [1.165, 1.54) is 44.9 Å². The van der Waals surface area contributed by atoms with Gasteiger partial charge in [0.2, 0.25) is 10.0 Å². The second-order valence-electron chi connectivity index (χ2n) is 6.04. The van der Waals surface area contributed by atoms with Crippen LogP contribution in [0.3, 0.4) is 0 Å². The van der Waals surface area contributed by atoms with Crippen molar-refractivity contribution in [3.05, 3.63) is 29.8 Å². The first kappa shape index (κ1) is 17.7. The summed E-state index contributed by atoms with van der Waals surface area (Å²) in [5, 5.41) is 2.87. The van der Waals surface area contributed by atoms with Gasteiger partial charge in [-0.2, -0.15) is 0 Å². The zero-order valence-electron chi connectivity index (χ0n) is 13.7. The summed E-state index contributed by atoms with van der Waals surface area (Å²) in [7, 11) is -0.224. The van der Waals surface area contributed by atoms with Crippen molar-refractivity contribution >= 4 is 16.1 Å². The maximum atomic E-state index is 12.1. The average molecular weight is 339 g/mol. The monoisotopic (exact) mass is 339 g/mol. The molecule has 0 unspecified atom stereocenters. The number of carbonyl (C=O) groups excluding carboxylic acids is 1. The van der Waals surface area contributed by atoms with Gasteiger partial charge >= 0.3 is 6.03 Å². The van der Waals surface area contributed by atoms with Crippen LogP contribution in [0.4, 0.5) is 4.79 Å². The maximum Gasteiger partial charge on any atom is 0.317 e. The van der Waals surface area contributed by atoms with Crippen molar-refractivity contribution in [2.45, 2.75) is 37.1 Å². The molecule has 0 aliphatic heterocycles. The van der Waals surface area contributed by atoms with Crippen molar-refractivity contribution in [1.82, 2.24) is 14.9 Å². The van der Waals surface area contributed by atoms with Gasteiger partial charge in [-0.3, -0.25) is 0 Å². The van der Waals surface area contributed by atoms with Crippen LogP contribution in [0.2, 0.25) is 0 Å². The Labute approximate surface area is 138 Å². The topological polar surface area (TPSA) is 78.5 Å². The summed E-state index contributed by atoms with van der Waals surface area (Å²) in [5.41, 5.74) is 0.864. The molecular weight excluding hydrogens is 314 g/mol. The summed E-state index contributed by atoms with van der Waals surface area (Å²) in [6, 6.07) is 6.40. The van der Waals surface area contributed by atoms with Gasteiger partial charge in [-0.15, -0.1) is 0 Å². The summed E-state index contributed by atoms with van der Waals surface area (Å²) in [6.45, 7) is 1.18. The van der Waals surface area contributed by atoms with Crippen LogP contribution >= 0.6 is 0 Å². The zero-order chi connectivity index (χ0) is 16.9. The molecule has 1 aliphatic carbocycles. The van der Waals surface area contributed by atoms with Crippen LogP contribution in [-0.2, 0) is 16.6 Å². The predicted octanol–water partition coefficient (Wildman–Crippen LogP) is 1.93. The molecule has 0 atom stereocenters. The molecule has 1 fully saturated rings. The van der Waals surface area contributed by atoms with Gasteiger partial charge < -0.3 is 10.2 Å². The first-order valence-corrected chi connectivity index (χ1v) is 9.42. The van der Waals surface area contributed by atoms with E-state index in [2.05, 4.69) is 10.0 Å². The fraction of sp³-hybridized carbons (Fsp3) is 0.562. The number of sulfonamides is 1. The Morgan fingerprint density at radius 1 is 1.22 bits per heavy atom. The molecule has 0 aromatic heterocycles. The summed E-state index contributed by atoms with van der Waals surface area (Å²) >= 11 is 0. The van der Waals surface area contributed by atoms with Gasteiger partial charge in [0.25, 0.3) is 0 Å². The third-order valence-corrected chi connectivity index (χ3v) is 5.73. The molecule has 0 spiro atoms. The molecule has 7 heteroatoms. The molecule has 0 heterocycles. The molecule has 2 rings (SSSR count). The lowest BCUT2D eigenvalue weighted by Crippen LogP contribution is -2.39. The van der Waals surface area contributed by atoms with E-state index in [0.29, 0.717) is 12.5 Å². The summed E-state index contributed by atoms with van der Waals surface area (Å²) in [4.78, 5) is 14.0. The Kier molecular flexibility index (Phi) is 6.01. The Bertz CT molecular complexity index is 622. The van der Waals surface area contributed by atoms with Crippen LogP contribution in [0.25, 0.3) is 0 Å². The zero-order valence-corrected chi connectivity index (χ0v) is 14.5. The van der Waals surface area contributed by atoms with Crippen molar-refractivity contribution < 1.29 is 13.2 Å². The third-order valence-electron chi connectivity index (χ3n) is 4.30. The molecule has 1 saturated carbocycles. The second-order valence-corrected chi connectivity index (χ2v) is 7.93.